The summed E-state index contributed by atoms with van der Waals surface area (Å²) in [5.41, 5.74) is 1.74. The van der Waals surface area contributed by atoms with Crippen molar-refractivity contribution < 1.29 is 23.1 Å². The van der Waals surface area contributed by atoms with E-state index < -0.39 is 15.9 Å². The molecule has 1 aliphatic rings. The molecule has 1 aliphatic carbocycles. The highest BCUT2D eigenvalue weighted by atomic mass is 35.5. The maximum Gasteiger partial charge on any atom is 0.311 e. The van der Waals surface area contributed by atoms with E-state index in [-0.39, 0.29) is 15.8 Å². The molecule has 1 unspecified atom stereocenters. The molecular formula is C30H34ClNO5S. The van der Waals surface area contributed by atoms with E-state index in [1.54, 1.807) is 42.5 Å². The molecule has 1 saturated carbocycles. The van der Waals surface area contributed by atoms with Crippen LogP contribution in [0.15, 0.2) is 82.6 Å². The van der Waals surface area contributed by atoms with Gasteiger partial charge in [-0.05, 0) is 91.4 Å². The average Bonchev–Trinajstić information content (AvgIpc) is 2.92. The summed E-state index contributed by atoms with van der Waals surface area (Å²) in [6, 6.07) is 19.9. The summed E-state index contributed by atoms with van der Waals surface area (Å²) < 4.78 is 31.6. The van der Waals surface area contributed by atoms with Crippen molar-refractivity contribution in [1.29, 1.82) is 0 Å². The van der Waals surface area contributed by atoms with Crippen molar-refractivity contribution in [3.63, 3.8) is 0 Å². The number of hydrogen-bond acceptors (Lipinski definition) is 6. The quantitative estimate of drug-likeness (QED) is 0.173. The largest absolute Gasteiger partial charge is 0.427 e. The Morgan fingerprint density at radius 1 is 0.974 bits per heavy atom. The van der Waals surface area contributed by atoms with Crippen molar-refractivity contribution in [2.45, 2.75) is 60.8 Å². The van der Waals surface area contributed by atoms with Crippen LogP contribution in [-0.4, -0.2) is 32.6 Å². The topological polar surface area (TPSA) is 92.7 Å². The van der Waals surface area contributed by atoms with Crippen LogP contribution in [0.5, 0.6) is 5.75 Å². The van der Waals surface area contributed by atoms with Gasteiger partial charge in [-0.3, -0.25) is 4.79 Å². The zero-order valence-electron chi connectivity index (χ0n) is 21.3. The van der Waals surface area contributed by atoms with E-state index in [2.05, 4.69) is 5.32 Å². The third kappa shape index (κ3) is 7.90. The van der Waals surface area contributed by atoms with Crippen molar-refractivity contribution in [1.82, 2.24) is 5.32 Å². The first-order valence-electron chi connectivity index (χ1n) is 13.1. The van der Waals surface area contributed by atoms with Gasteiger partial charge >= 0.3 is 5.97 Å². The Morgan fingerprint density at radius 2 is 1.63 bits per heavy atom. The fraction of sp³-hybridized carbons (Fsp3) is 0.367. The molecule has 1 atom stereocenters. The van der Waals surface area contributed by atoms with Crippen molar-refractivity contribution in [3.05, 3.63) is 88.9 Å². The number of carbonyl (C=O) groups excluding carboxylic acids is 1. The molecule has 6 nitrogen and oxygen atoms in total. The molecule has 0 bridgehead atoms. The fourth-order valence-corrected chi connectivity index (χ4v) is 6.22. The molecule has 0 amide bonds. The Bertz CT molecular complexity index is 1300. The minimum absolute atomic E-state index is 0.147. The number of esters is 1. The van der Waals surface area contributed by atoms with E-state index in [1.807, 2.05) is 6.07 Å². The van der Waals surface area contributed by atoms with Crippen LogP contribution in [0.3, 0.4) is 0 Å². The summed E-state index contributed by atoms with van der Waals surface area (Å²) >= 11 is 5.98. The molecule has 0 aliphatic heterocycles. The highest BCUT2D eigenvalue weighted by molar-refractivity contribution is 7.91. The Hall–Kier alpha value is -2.71. The van der Waals surface area contributed by atoms with Crippen molar-refractivity contribution in [3.8, 4) is 5.75 Å². The minimum Gasteiger partial charge on any atom is -0.427 e. The third-order valence-electron chi connectivity index (χ3n) is 6.94. The van der Waals surface area contributed by atoms with Crippen LogP contribution in [0, 0.1) is 5.92 Å². The summed E-state index contributed by atoms with van der Waals surface area (Å²) in [6.45, 7) is 1.02. The Labute approximate surface area is 229 Å². The molecule has 0 heterocycles. The maximum atomic E-state index is 13.1. The molecule has 0 radical (unpaired) electrons. The Balaban J connectivity index is 1.26. The smallest absolute Gasteiger partial charge is 0.311 e. The first-order chi connectivity index (χ1) is 18.3. The van der Waals surface area contributed by atoms with Crippen LogP contribution in [0.2, 0.25) is 5.02 Å². The monoisotopic (exact) mass is 555 g/mol. The van der Waals surface area contributed by atoms with Gasteiger partial charge in [0.2, 0.25) is 9.84 Å². The van der Waals surface area contributed by atoms with Gasteiger partial charge in [0.25, 0.3) is 0 Å². The van der Waals surface area contributed by atoms with E-state index in [4.69, 9.17) is 16.3 Å². The molecule has 3 aromatic carbocycles. The van der Waals surface area contributed by atoms with Crippen LogP contribution in [0.4, 0.5) is 0 Å². The summed E-state index contributed by atoms with van der Waals surface area (Å²) in [4.78, 5) is 12.6. The second-order valence-corrected chi connectivity index (χ2v) is 12.2. The van der Waals surface area contributed by atoms with Gasteiger partial charge in [-0.15, -0.1) is 0 Å². The predicted octanol–water partition coefficient (Wildman–Crippen LogP) is 5.91. The minimum atomic E-state index is -3.69. The number of sulfone groups is 1. The van der Waals surface area contributed by atoms with Gasteiger partial charge in [-0.1, -0.05) is 55.1 Å². The van der Waals surface area contributed by atoms with E-state index in [9.17, 15) is 18.3 Å². The first kappa shape index (κ1) is 28.3. The lowest BCUT2D eigenvalue weighted by Gasteiger charge is -2.20. The summed E-state index contributed by atoms with van der Waals surface area (Å²) in [7, 11) is -3.69. The third-order valence-corrected chi connectivity index (χ3v) is 8.96. The number of benzene rings is 3. The molecule has 1 fully saturated rings. The normalized spacial score (nSPS) is 15.2. The zero-order chi connectivity index (χ0) is 27.0. The van der Waals surface area contributed by atoms with Crippen molar-refractivity contribution in [2.24, 2.45) is 5.92 Å². The summed E-state index contributed by atoms with van der Waals surface area (Å²) in [6.07, 6.45) is 6.12. The molecule has 38 heavy (non-hydrogen) atoms. The van der Waals surface area contributed by atoms with Crippen molar-refractivity contribution in [2.75, 3.05) is 13.1 Å². The zero-order valence-corrected chi connectivity index (χ0v) is 22.9. The number of rotatable bonds is 11. The average molecular weight is 556 g/mol. The molecule has 0 saturated heterocycles. The SMILES string of the molecule is O=C(CC1CCCCC1)Oc1ccc(S(=O)(=O)c2ccc(CCNCC(O)c3cccc(Cl)c3)cc2)cc1. The van der Waals surface area contributed by atoms with Gasteiger partial charge < -0.3 is 15.2 Å². The number of ether oxygens (including phenoxy) is 1. The Kier molecular flexibility index (Phi) is 9.97. The fourth-order valence-electron chi connectivity index (χ4n) is 4.76. The molecular weight excluding hydrogens is 522 g/mol. The number of halogens is 1. The van der Waals surface area contributed by atoms with Crippen LogP contribution in [0.25, 0.3) is 0 Å². The number of nitrogens with one attached hydrogen (secondary N) is 1. The highest BCUT2D eigenvalue weighted by Crippen LogP contribution is 2.28. The standard InChI is InChI=1S/C30H34ClNO5S/c31-25-8-4-7-24(20-25)29(33)21-32-18-17-22-9-13-27(14-10-22)38(35,36)28-15-11-26(12-16-28)37-30(34)19-23-5-2-1-3-6-23/h4,7-16,20,23,29,32-33H,1-3,5-6,17-19,21H2. The molecule has 0 aromatic heterocycles. The molecule has 2 N–H and O–H groups in total. The number of aliphatic hydroxyl groups is 1. The Morgan fingerprint density at radius 3 is 2.29 bits per heavy atom. The number of aliphatic hydroxyl groups excluding tert-OH is 1. The molecule has 202 valence electrons. The van der Waals surface area contributed by atoms with Crippen LogP contribution in [-0.2, 0) is 21.1 Å². The lowest BCUT2D eigenvalue weighted by Crippen LogP contribution is -2.23. The molecule has 4 rings (SSSR count). The van der Waals surface area contributed by atoms with Crippen LogP contribution >= 0.6 is 11.6 Å². The van der Waals surface area contributed by atoms with Gasteiger partial charge in [0.05, 0.1) is 15.9 Å². The van der Waals surface area contributed by atoms with Gasteiger partial charge in [0, 0.05) is 18.0 Å². The van der Waals surface area contributed by atoms with E-state index in [0.717, 1.165) is 36.8 Å². The van der Waals surface area contributed by atoms with Crippen LogP contribution < -0.4 is 10.1 Å². The van der Waals surface area contributed by atoms with E-state index in [1.165, 1.54) is 30.7 Å². The van der Waals surface area contributed by atoms with Gasteiger partial charge in [-0.25, -0.2) is 8.42 Å². The van der Waals surface area contributed by atoms with E-state index in [0.29, 0.717) is 42.6 Å². The van der Waals surface area contributed by atoms with Crippen molar-refractivity contribution >= 4 is 27.4 Å². The maximum absolute atomic E-state index is 13.1. The molecule has 8 heteroatoms. The number of hydrogen-bond donors (Lipinski definition) is 2. The first-order valence-corrected chi connectivity index (χ1v) is 15.0. The predicted molar refractivity (Wildman–Crippen MR) is 148 cm³/mol. The van der Waals surface area contributed by atoms with Gasteiger partial charge in [0.15, 0.2) is 0 Å². The second-order valence-electron chi connectivity index (χ2n) is 9.83. The molecule has 3 aromatic rings. The molecule has 0 spiro atoms. The van der Waals surface area contributed by atoms with E-state index >= 15 is 0 Å². The lowest BCUT2D eigenvalue weighted by atomic mass is 9.87. The van der Waals surface area contributed by atoms with Crippen LogP contribution in [0.1, 0.15) is 55.8 Å². The van der Waals surface area contributed by atoms with Gasteiger partial charge in [-0.2, -0.15) is 0 Å². The lowest BCUT2D eigenvalue weighted by molar-refractivity contribution is -0.135. The summed E-state index contributed by atoms with van der Waals surface area (Å²) in [5.74, 6) is 0.472. The number of carbonyl (C=O) groups is 1. The highest BCUT2D eigenvalue weighted by Gasteiger charge is 2.20. The summed E-state index contributed by atoms with van der Waals surface area (Å²) in [5, 5.41) is 14.1. The second kappa shape index (κ2) is 13.4. The van der Waals surface area contributed by atoms with Gasteiger partial charge in [0.1, 0.15) is 5.75 Å².